The van der Waals surface area contributed by atoms with Crippen molar-refractivity contribution in [1.29, 1.82) is 0 Å². The topological polar surface area (TPSA) is 69.6 Å². The molecule has 0 bridgehead atoms. The summed E-state index contributed by atoms with van der Waals surface area (Å²) in [4.78, 5) is 3.93. The van der Waals surface area contributed by atoms with Crippen LogP contribution in [0.25, 0.3) is 16.9 Å². The number of pyridine rings is 1. The van der Waals surface area contributed by atoms with Gasteiger partial charge >= 0.3 is 0 Å². The van der Waals surface area contributed by atoms with Crippen LogP contribution in [-0.4, -0.2) is 20.0 Å². The fourth-order valence-electron chi connectivity index (χ4n) is 1.81. The van der Waals surface area contributed by atoms with Crippen LogP contribution in [-0.2, 0) is 0 Å². The van der Waals surface area contributed by atoms with Crippen molar-refractivity contribution < 1.29 is 4.39 Å². The molecule has 20 heavy (non-hydrogen) atoms. The van der Waals surface area contributed by atoms with Gasteiger partial charge in [-0.05, 0) is 30.3 Å². The van der Waals surface area contributed by atoms with Crippen LogP contribution >= 0.6 is 11.6 Å². The van der Waals surface area contributed by atoms with Crippen molar-refractivity contribution in [2.24, 2.45) is 0 Å². The van der Waals surface area contributed by atoms with E-state index in [2.05, 4.69) is 15.3 Å². The Hall–Kier alpha value is -2.47. The van der Waals surface area contributed by atoms with Crippen molar-refractivity contribution in [3.63, 3.8) is 0 Å². The lowest BCUT2D eigenvalue weighted by molar-refractivity contribution is 0.627. The van der Waals surface area contributed by atoms with E-state index in [0.717, 1.165) is 5.56 Å². The molecule has 2 N–H and O–H groups in total. The molecule has 5 nitrogen and oxygen atoms in total. The van der Waals surface area contributed by atoms with Gasteiger partial charge in [0.2, 0.25) is 0 Å². The average Bonchev–Trinajstić information content (AvgIpc) is 2.85. The second kappa shape index (κ2) is 4.90. The summed E-state index contributed by atoms with van der Waals surface area (Å²) in [6.07, 6.45) is 3.28. The van der Waals surface area contributed by atoms with E-state index in [4.69, 9.17) is 17.3 Å². The van der Waals surface area contributed by atoms with Gasteiger partial charge in [0.15, 0.2) is 5.82 Å². The van der Waals surface area contributed by atoms with E-state index in [0.29, 0.717) is 17.2 Å². The van der Waals surface area contributed by atoms with Crippen LogP contribution in [0.15, 0.2) is 42.7 Å². The molecule has 0 spiro atoms. The van der Waals surface area contributed by atoms with Gasteiger partial charge in [0.25, 0.3) is 0 Å². The summed E-state index contributed by atoms with van der Waals surface area (Å²) < 4.78 is 14.6. The Balaban J connectivity index is 2.08. The molecule has 3 rings (SSSR count). The molecule has 0 radical (unpaired) electrons. The van der Waals surface area contributed by atoms with Gasteiger partial charge in [-0.3, -0.25) is 4.98 Å². The molecule has 3 aromatic rings. The van der Waals surface area contributed by atoms with E-state index in [-0.39, 0.29) is 5.02 Å². The van der Waals surface area contributed by atoms with Crippen LogP contribution in [0.4, 0.5) is 10.2 Å². The Morgan fingerprint density at radius 2 is 1.90 bits per heavy atom. The SMILES string of the molecule is Nc1c(-c2ccncc2)nnn1-c1ccc(F)c(Cl)c1. The Morgan fingerprint density at radius 1 is 1.15 bits per heavy atom. The first kappa shape index (κ1) is 12.6. The number of nitrogens with two attached hydrogens (primary N) is 1. The van der Waals surface area contributed by atoms with Crippen molar-refractivity contribution in [2.75, 3.05) is 5.73 Å². The van der Waals surface area contributed by atoms with E-state index in [1.54, 1.807) is 24.5 Å². The van der Waals surface area contributed by atoms with Gasteiger partial charge in [0.05, 0.1) is 10.7 Å². The molecule has 0 atom stereocenters. The maximum atomic E-state index is 13.2. The van der Waals surface area contributed by atoms with Crippen LogP contribution in [0.1, 0.15) is 0 Å². The van der Waals surface area contributed by atoms with E-state index < -0.39 is 5.82 Å². The number of rotatable bonds is 2. The molecule has 100 valence electrons. The zero-order valence-electron chi connectivity index (χ0n) is 10.2. The first-order valence-electron chi connectivity index (χ1n) is 5.74. The molecule has 0 saturated heterocycles. The van der Waals surface area contributed by atoms with Crippen LogP contribution in [0.2, 0.25) is 5.02 Å². The predicted molar refractivity (Wildman–Crippen MR) is 74.0 cm³/mol. The summed E-state index contributed by atoms with van der Waals surface area (Å²) in [5.41, 5.74) is 7.92. The van der Waals surface area contributed by atoms with Crippen molar-refractivity contribution in [3.05, 3.63) is 53.6 Å². The summed E-state index contributed by atoms with van der Waals surface area (Å²) >= 11 is 5.75. The van der Waals surface area contributed by atoms with Crippen LogP contribution in [0, 0.1) is 5.82 Å². The number of nitrogens with zero attached hydrogens (tertiary/aromatic N) is 4. The van der Waals surface area contributed by atoms with Gasteiger partial charge in [-0.15, -0.1) is 5.10 Å². The molecule has 0 saturated carbocycles. The highest BCUT2D eigenvalue weighted by Crippen LogP contribution is 2.26. The summed E-state index contributed by atoms with van der Waals surface area (Å²) in [5, 5.41) is 8.01. The monoisotopic (exact) mass is 289 g/mol. The molecule has 7 heteroatoms. The molecule has 0 aliphatic carbocycles. The normalized spacial score (nSPS) is 10.7. The molecule has 0 aliphatic rings. The van der Waals surface area contributed by atoms with Crippen molar-refractivity contribution in [3.8, 4) is 16.9 Å². The first-order chi connectivity index (χ1) is 9.66. The molecular formula is C13H9ClFN5. The number of hydrogen-bond donors (Lipinski definition) is 1. The third-order valence-electron chi connectivity index (χ3n) is 2.81. The number of anilines is 1. The van der Waals surface area contributed by atoms with Gasteiger partial charge in [-0.25, -0.2) is 4.39 Å². The number of aromatic nitrogens is 4. The molecular weight excluding hydrogens is 281 g/mol. The second-order valence-electron chi connectivity index (χ2n) is 4.07. The smallest absolute Gasteiger partial charge is 0.155 e. The minimum atomic E-state index is -0.497. The fourth-order valence-corrected chi connectivity index (χ4v) is 1.99. The largest absolute Gasteiger partial charge is 0.382 e. The zero-order chi connectivity index (χ0) is 14.1. The summed E-state index contributed by atoms with van der Waals surface area (Å²) in [6, 6.07) is 7.79. The zero-order valence-corrected chi connectivity index (χ0v) is 10.9. The van der Waals surface area contributed by atoms with Crippen molar-refractivity contribution >= 4 is 17.4 Å². The average molecular weight is 290 g/mol. The Labute approximate surface area is 118 Å². The number of hydrogen-bond acceptors (Lipinski definition) is 4. The Bertz CT molecular complexity index is 757. The first-order valence-corrected chi connectivity index (χ1v) is 6.11. The highest BCUT2D eigenvalue weighted by Gasteiger charge is 2.13. The summed E-state index contributed by atoms with van der Waals surface area (Å²) in [6.45, 7) is 0. The standard InChI is InChI=1S/C13H9ClFN5/c14-10-7-9(1-2-11(10)15)20-13(16)12(18-19-20)8-3-5-17-6-4-8/h1-7H,16H2. The molecule has 0 fully saturated rings. The lowest BCUT2D eigenvalue weighted by Crippen LogP contribution is -2.02. The minimum Gasteiger partial charge on any atom is -0.382 e. The number of nitrogen functional groups attached to an aromatic ring is 1. The third kappa shape index (κ3) is 2.10. The third-order valence-corrected chi connectivity index (χ3v) is 3.10. The lowest BCUT2D eigenvalue weighted by atomic mass is 10.2. The van der Waals surface area contributed by atoms with Gasteiger partial charge in [0.1, 0.15) is 11.5 Å². The van der Waals surface area contributed by atoms with Crippen LogP contribution in [0.5, 0.6) is 0 Å². The molecule has 2 heterocycles. The fraction of sp³-hybridized carbons (Fsp3) is 0. The minimum absolute atomic E-state index is 0.00265. The molecule has 2 aromatic heterocycles. The predicted octanol–water partition coefficient (Wildman–Crippen LogP) is 2.70. The van der Waals surface area contributed by atoms with Crippen molar-refractivity contribution in [1.82, 2.24) is 20.0 Å². The maximum Gasteiger partial charge on any atom is 0.155 e. The summed E-state index contributed by atoms with van der Waals surface area (Å²) in [7, 11) is 0. The molecule has 0 aliphatic heterocycles. The van der Waals surface area contributed by atoms with Gasteiger partial charge in [-0.2, -0.15) is 4.68 Å². The number of halogens is 2. The highest BCUT2D eigenvalue weighted by atomic mass is 35.5. The van der Waals surface area contributed by atoms with E-state index >= 15 is 0 Å². The molecule has 1 aromatic carbocycles. The van der Waals surface area contributed by atoms with E-state index in [1.165, 1.54) is 22.9 Å². The molecule has 0 amide bonds. The maximum absolute atomic E-state index is 13.2. The van der Waals surface area contributed by atoms with E-state index in [9.17, 15) is 4.39 Å². The van der Waals surface area contributed by atoms with Crippen LogP contribution < -0.4 is 5.73 Å². The highest BCUT2D eigenvalue weighted by molar-refractivity contribution is 6.30. The van der Waals surface area contributed by atoms with Gasteiger partial charge in [0, 0.05) is 18.0 Å². The van der Waals surface area contributed by atoms with Crippen molar-refractivity contribution in [2.45, 2.75) is 0 Å². The summed E-state index contributed by atoms with van der Waals surface area (Å²) in [5.74, 6) is -0.151. The molecule has 0 unspecified atom stereocenters. The van der Waals surface area contributed by atoms with Gasteiger partial charge in [-0.1, -0.05) is 16.8 Å². The van der Waals surface area contributed by atoms with E-state index in [1.807, 2.05) is 0 Å². The second-order valence-corrected chi connectivity index (χ2v) is 4.48. The van der Waals surface area contributed by atoms with Gasteiger partial charge < -0.3 is 5.73 Å². The Kier molecular flexibility index (Phi) is 3.08. The van der Waals surface area contributed by atoms with Crippen LogP contribution in [0.3, 0.4) is 0 Å². The lowest BCUT2D eigenvalue weighted by Gasteiger charge is -2.04. The quantitative estimate of drug-likeness (QED) is 0.787. The number of benzene rings is 1. The Morgan fingerprint density at radius 3 is 2.60 bits per heavy atom.